The highest BCUT2D eigenvalue weighted by Crippen LogP contribution is 2.21. The van der Waals surface area contributed by atoms with Crippen molar-refractivity contribution in [3.05, 3.63) is 57.8 Å². The Labute approximate surface area is 136 Å². The van der Waals surface area contributed by atoms with E-state index in [2.05, 4.69) is 15.0 Å². The molecule has 2 N–H and O–H groups in total. The number of nitrogens with one attached hydrogen (secondary N) is 1. The van der Waals surface area contributed by atoms with Crippen LogP contribution in [0.3, 0.4) is 0 Å². The molecule has 0 spiro atoms. The highest BCUT2D eigenvalue weighted by molar-refractivity contribution is 5.48. The van der Waals surface area contributed by atoms with Gasteiger partial charge in [-0.25, -0.2) is 4.98 Å². The van der Waals surface area contributed by atoms with Crippen LogP contribution in [0.5, 0.6) is 5.75 Å². The van der Waals surface area contributed by atoms with Crippen LogP contribution in [0.4, 0.5) is 20.3 Å². The van der Waals surface area contributed by atoms with Gasteiger partial charge in [-0.1, -0.05) is 12.1 Å². The minimum absolute atomic E-state index is 0.00166. The molecule has 2 aromatic rings. The van der Waals surface area contributed by atoms with Crippen LogP contribution >= 0.6 is 0 Å². The van der Waals surface area contributed by atoms with Crippen molar-refractivity contribution in [3.63, 3.8) is 0 Å². The fraction of sp³-hybridized carbons (Fsp3) is 0.267. The fourth-order valence-corrected chi connectivity index (χ4v) is 2.03. The quantitative estimate of drug-likeness (QED) is 0.594. The van der Waals surface area contributed by atoms with Crippen LogP contribution < -0.4 is 10.1 Å². The van der Waals surface area contributed by atoms with E-state index in [1.807, 2.05) is 0 Å². The number of aromatic nitrogens is 1. The van der Waals surface area contributed by atoms with Crippen molar-refractivity contribution in [2.75, 3.05) is 11.9 Å². The third kappa shape index (κ3) is 4.59. The number of alkyl halides is 2. The van der Waals surface area contributed by atoms with Gasteiger partial charge in [0.2, 0.25) is 0 Å². The Morgan fingerprint density at radius 3 is 2.58 bits per heavy atom. The van der Waals surface area contributed by atoms with Crippen LogP contribution in [0.15, 0.2) is 36.5 Å². The first kappa shape index (κ1) is 17.5. The predicted octanol–water partition coefficient (Wildman–Crippen LogP) is 3.05. The van der Waals surface area contributed by atoms with Gasteiger partial charge in [0.05, 0.1) is 11.0 Å². The molecule has 0 unspecified atom stereocenters. The average molecular weight is 339 g/mol. The van der Waals surface area contributed by atoms with Crippen LogP contribution in [0, 0.1) is 17.0 Å². The minimum atomic E-state index is -2.90. The Hall–Kier alpha value is -2.81. The number of aryl methyl sites for hydroxylation is 1. The average Bonchev–Trinajstić information content (AvgIpc) is 2.53. The van der Waals surface area contributed by atoms with E-state index in [0.717, 1.165) is 6.20 Å². The van der Waals surface area contributed by atoms with Gasteiger partial charge in [0, 0.05) is 12.6 Å². The first-order chi connectivity index (χ1) is 11.4. The maximum absolute atomic E-state index is 12.1. The van der Waals surface area contributed by atoms with E-state index in [0.29, 0.717) is 16.9 Å². The van der Waals surface area contributed by atoms with Gasteiger partial charge in [-0.15, -0.1) is 0 Å². The van der Waals surface area contributed by atoms with E-state index in [1.165, 1.54) is 30.3 Å². The molecular weight excluding hydrogens is 324 g/mol. The molecule has 0 radical (unpaired) electrons. The summed E-state index contributed by atoms with van der Waals surface area (Å²) in [7, 11) is 0. The van der Waals surface area contributed by atoms with Crippen molar-refractivity contribution >= 4 is 11.5 Å². The molecule has 2 rings (SSSR count). The maximum atomic E-state index is 12.1. The SMILES string of the molecule is Cc1cc([N+](=O)[O-])cnc1NC[C@@H](O)c1ccc(OC(F)F)cc1. The lowest BCUT2D eigenvalue weighted by Crippen LogP contribution is -2.14. The van der Waals surface area contributed by atoms with Crippen molar-refractivity contribution in [2.45, 2.75) is 19.6 Å². The second kappa shape index (κ2) is 7.64. The molecule has 0 aliphatic carbocycles. The first-order valence-electron chi connectivity index (χ1n) is 6.94. The molecule has 24 heavy (non-hydrogen) atoms. The van der Waals surface area contributed by atoms with Gasteiger partial charge in [-0.2, -0.15) is 8.78 Å². The molecule has 1 aromatic heterocycles. The van der Waals surface area contributed by atoms with E-state index >= 15 is 0 Å². The molecule has 0 bridgehead atoms. The number of hydrogen-bond donors (Lipinski definition) is 2. The van der Waals surface area contributed by atoms with Crippen molar-refractivity contribution in [1.29, 1.82) is 0 Å². The Bertz CT molecular complexity index is 710. The molecule has 128 valence electrons. The Morgan fingerprint density at radius 2 is 2.04 bits per heavy atom. The van der Waals surface area contributed by atoms with E-state index in [-0.39, 0.29) is 18.0 Å². The van der Waals surface area contributed by atoms with Gasteiger partial charge >= 0.3 is 6.61 Å². The number of rotatable bonds is 7. The zero-order chi connectivity index (χ0) is 17.7. The first-order valence-corrected chi connectivity index (χ1v) is 6.94. The van der Waals surface area contributed by atoms with Crippen LogP contribution in [0.2, 0.25) is 0 Å². The number of pyridine rings is 1. The minimum Gasteiger partial charge on any atom is -0.435 e. The molecule has 0 saturated carbocycles. The number of aliphatic hydroxyl groups is 1. The third-order valence-electron chi connectivity index (χ3n) is 3.23. The molecule has 0 aliphatic rings. The van der Waals surface area contributed by atoms with Crippen molar-refractivity contribution in [1.82, 2.24) is 4.98 Å². The zero-order valence-corrected chi connectivity index (χ0v) is 12.6. The molecule has 1 aromatic carbocycles. The Kier molecular flexibility index (Phi) is 5.59. The van der Waals surface area contributed by atoms with Gasteiger partial charge in [-0.05, 0) is 30.2 Å². The van der Waals surface area contributed by atoms with Crippen molar-refractivity contribution in [2.24, 2.45) is 0 Å². The second-order valence-electron chi connectivity index (χ2n) is 4.96. The smallest absolute Gasteiger partial charge is 0.387 e. The second-order valence-corrected chi connectivity index (χ2v) is 4.96. The predicted molar refractivity (Wildman–Crippen MR) is 82.2 cm³/mol. The van der Waals surface area contributed by atoms with E-state index in [9.17, 15) is 24.0 Å². The number of anilines is 1. The van der Waals surface area contributed by atoms with Crippen molar-refractivity contribution < 1.29 is 23.5 Å². The molecule has 0 saturated heterocycles. The Balaban J connectivity index is 1.97. The highest BCUT2D eigenvalue weighted by atomic mass is 19.3. The van der Waals surface area contributed by atoms with Crippen LogP contribution in [-0.4, -0.2) is 28.2 Å². The molecule has 7 nitrogen and oxygen atoms in total. The summed E-state index contributed by atoms with van der Waals surface area (Å²) in [5, 5.41) is 23.6. The highest BCUT2D eigenvalue weighted by Gasteiger charge is 2.12. The van der Waals surface area contributed by atoms with Gasteiger partial charge in [0.15, 0.2) is 0 Å². The number of nitrogens with zero attached hydrogens (tertiary/aromatic N) is 2. The standard InChI is InChI=1S/C15H15F2N3O4/c1-9-6-11(20(22)23)7-18-14(9)19-8-13(21)10-2-4-12(5-3-10)24-15(16)17/h2-7,13,15,21H,8H2,1H3,(H,18,19)/t13-/m1/s1. The summed E-state index contributed by atoms with van der Waals surface area (Å²) < 4.78 is 28.4. The van der Waals surface area contributed by atoms with Crippen LogP contribution in [0.1, 0.15) is 17.2 Å². The monoisotopic (exact) mass is 339 g/mol. The summed E-state index contributed by atoms with van der Waals surface area (Å²) in [6.45, 7) is -1.15. The number of benzene rings is 1. The number of hydrogen-bond acceptors (Lipinski definition) is 6. The van der Waals surface area contributed by atoms with Gasteiger partial charge < -0.3 is 15.2 Å². The molecule has 0 amide bonds. The fourth-order valence-electron chi connectivity index (χ4n) is 2.03. The largest absolute Gasteiger partial charge is 0.435 e. The van der Waals surface area contributed by atoms with Gasteiger partial charge in [-0.3, -0.25) is 10.1 Å². The summed E-state index contributed by atoms with van der Waals surface area (Å²) in [6, 6.07) is 6.98. The summed E-state index contributed by atoms with van der Waals surface area (Å²) in [6.07, 6.45) is 0.208. The molecule has 1 heterocycles. The number of aliphatic hydroxyl groups excluding tert-OH is 1. The number of nitro groups is 1. The lowest BCUT2D eigenvalue weighted by atomic mass is 10.1. The summed E-state index contributed by atoms with van der Waals surface area (Å²) in [4.78, 5) is 14.1. The number of ether oxygens (including phenoxy) is 1. The third-order valence-corrected chi connectivity index (χ3v) is 3.23. The molecule has 1 atom stereocenters. The van der Waals surface area contributed by atoms with E-state index < -0.39 is 17.6 Å². The van der Waals surface area contributed by atoms with E-state index in [1.54, 1.807) is 6.92 Å². The summed E-state index contributed by atoms with van der Waals surface area (Å²) in [5.74, 6) is 0.416. The van der Waals surface area contributed by atoms with Gasteiger partial charge in [0.25, 0.3) is 5.69 Å². The maximum Gasteiger partial charge on any atom is 0.387 e. The topological polar surface area (TPSA) is 97.5 Å². The molecule has 0 fully saturated rings. The Morgan fingerprint density at radius 1 is 1.38 bits per heavy atom. The lowest BCUT2D eigenvalue weighted by Gasteiger charge is -2.14. The zero-order valence-electron chi connectivity index (χ0n) is 12.6. The van der Waals surface area contributed by atoms with Crippen LogP contribution in [-0.2, 0) is 0 Å². The van der Waals surface area contributed by atoms with Crippen LogP contribution in [0.25, 0.3) is 0 Å². The normalized spacial score (nSPS) is 12.0. The number of halogens is 2. The molecular formula is C15H15F2N3O4. The van der Waals surface area contributed by atoms with E-state index in [4.69, 9.17) is 0 Å². The molecule has 0 aliphatic heterocycles. The summed E-state index contributed by atoms with van der Waals surface area (Å²) >= 11 is 0. The molecule has 9 heteroatoms. The van der Waals surface area contributed by atoms with Gasteiger partial charge in [0.1, 0.15) is 17.8 Å². The lowest BCUT2D eigenvalue weighted by molar-refractivity contribution is -0.385. The van der Waals surface area contributed by atoms with Crippen molar-refractivity contribution in [3.8, 4) is 5.75 Å². The summed E-state index contributed by atoms with van der Waals surface area (Å²) in [5.41, 5.74) is 0.953.